The van der Waals surface area contributed by atoms with Crippen LogP contribution < -0.4 is 16.0 Å². The molecule has 11 nitrogen and oxygen atoms in total. The van der Waals surface area contributed by atoms with E-state index in [1.165, 1.54) is 6.20 Å². The number of carbonyl (C=O) groups is 2. The van der Waals surface area contributed by atoms with Gasteiger partial charge in [0.2, 0.25) is 5.95 Å². The van der Waals surface area contributed by atoms with Crippen LogP contribution in [0, 0.1) is 0 Å². The molecule has 0 saturated carbocycles. The summed E-state index contributed by atoms with van der Waals surface area (Å²) in [5, 5.41) is 19.5. The van der Waals surface area contributed by atoms with Crippen molar-refractivity contribution in [3.8, 4) is 0 Å². The first-order valence-corrected chi connectivity index (χ1v) is 13.9. The van der Waals surface area contributed by atoms with Gasteiger partial charge in [-0.05, 0) is 50.6 Å². The third-order valence-electron chi connectivity index (χ3n) is 7.26. The minimum absolute atomic E-state index is 0.203. The first-order valence-electron chi connectivity index (χ1n) is 13.9. The van der Waals surface area contributed by atoms with Gasteiger partial charge in [-0.15, -0.1) is 0 Å². The van der Waals surface area contributed by atoms with Crippen molar-refractivity contribution < 1.29 is 24.2 Å². The molecule has 216 valence electrons. The fourth-order valence-electron chi connectivity index (χ4n) is 5.00. The SMILES string of the molecule is CC1(C)OC(=O)c2ccc(Nc3ncc(C(=O)NCCCN4CCOCC4)c(N[C@H](CO)c4ccccc4)n3)cc21. The predicted octanol–water partition coefficient (Wildman–Crippen LogP) is 3.22. The second kappa shape index (κ2) is 12.6. The Labute approximate surface area is 239 Å². The quantitative estimate of drug-likeness (QED) is 0.204. The Morgan fingerprint density at radius 2 is 1.93 bits per heavy atom. The van der Waals surface area contributed by atoms with Crippen LogP contribution in [0.25, 0.3) is 0 Å². The van der Waals surface area contributed by atoms with Gasteiger partial charge in [0.25, 0.3) is 5.91 Å². The normalized spacial score (nSPS) is 16.9. The Bertz CT molecular complexity index is 1380. The number of nitrogens with zero attached hydrogens (tertiary/aromatic N) is 3. The van der Waals surface area contributed by atoms with Gasteiger partial charge in [-0.1, -0.05) is 30.3 Å². The number of esters is 1. The average Bonchev–Trinajstić information content (AvgIpc) is 3.22. The number of hydrogen-bond donors (Lipinski definition) is 4. The highest BCUT2D eigenvalue weighted by Crippen LogP contribution is 2.37. The number of rotatable bonds is 11. The molecule has 1 aromatic heterocycles. The zero-order valence-electron chi connectivity index (χ0n) is 23.4. The number of benzene rings is 2. The molecule has 4 N–H and O–H groups in total. The number of amides is 1. The topological polar surface area (TPSA) is 138 Å². The van der Waals surface area contributed by atoms with Crippen molar-refractivity contribution in [3.63, 3.8) is 0 Å². The first kappa shape index (κ1) is 28.5. The highest BCUT2D eigenvalue weighted by Gasteiger charge is 2.37. The van der Waals surface area contributed by atoms with E-state index < -0.39 is 11.6 Å². The van der Waals surface area contributed by atoms with Crippen molar-refractivity contribution in [1.82, 2.24) is 20.2 Å². The molecular formula is C30H36N6O5. The lowest BCUT2D eigenvalue weighted by atomic mass is 9.95. The van der Waals surface area contributed by atoms with Gasteiger partial charge >= 0.3 is 5.97 Å². The van der Waals surface area contributed by atoms with Crippen LogP contribution in [0.2, 0.25) is 0 Å². The van der Waals surface area contributed by atoms with Crippen molar-refractivity contribution in [2.24, 2.45) is 0 Å². The van der Waals surface area contributed by atoms with Crippen LogP contribution in [-0.4, -0.2) is 77.9 Å². The van der Waals surface area contributed by atoms with E-state index >= 15 is 0 Å². The third-order valence-corrected chi connectivity index (χ3v) is 7.26. The number of nitrogens with one attached hydrogen (secondary N) is 3. The lowest BCUT2D eigenvalue weighted by molar-refractivity contribution is 0.00953. The summed E-state index contributed by atoms with van der Waals surface area (Å²) >= 11 is 0. The number of aliphatic hydroxyl groups is 1. The van der Waals surface area contributed by atoms with E-state index in [1.54, 1.807) is 12.1 Å². The Hall–Kier alpha value is -4.06. The Morgan fingerprint density at radius 3 is 2.68 bits per heavy atom. The van der Waals surface area contributed by atoms with Gasteiger partial charge < -0.3 is 30.5 Å². The van der Waals surface area contributed by atoms with E-state index in [4.69, 9.17) is 9.47 Å². The summed E-state index contributed by atoms with van der Waals surface area (Å²) in [7, 11) is 0. The van der Waals surface area contributed by atoms with Crippen molar-refractivity contribution in [1.29, 1.82) is 0 Å². The molecule has 11 heteroatoms. The molecule has 2 aromatic carbocycles. The number of morpholine rings is 1. The maximum Gasteiger partial charge on any atom is 0.339 e. The highest BCUT2D eigenvalue weighted by molar-refractivity contribution is 5.99. The second-order valence-corrected chi connectivity index (χ2v) is 10.6. The number of carbonyl (C=O) groups excluding carboxylic acids is 2. The molecule has 1 amide bonds. The van der Waals surface area contributed by atoms with Gasteiger partial charge in [-0.3, -0.25) is 9.69 Å². The van der Waals surface area contributed by atoms with Gasteiger partial charge in [0.1, 0.15) is 17.0 Å². The Balaban J connectivity index is 1.34. The predicted molar refractivity (Wildman–Crippen MR) is 154 cm³/mol. The fourth-order valence-corrected chi connectivity index (χ4v) is 5.00. The van der Waals surface area contributed by atoms with Gasteiger partial charge in [0.05, 0.1) is 31.4 Å². The van der Waals surface area contributed by atoms with Crippen LogP contribution in [-0.2, 0) is 15.1 Å². The molecule has 0 unspecified atom stereocenters. The van der Waals surface area contributed by atoms with Gasteiger partial charge in [-0.25, -0.2) is 9.78 Å². The molecule has 0 bridgehead atoms. The van der Waals surface area contributed by atoms with Crippen molar-refractivity contribution in [2.75, 3.05) is 56.6 Å². The summed E-state index contributed by atoms with van der Waals surface area (Å²) in [6.07, 6.45) is 2.28. The highest BCUT2D eigenvalue weighted by atomic mass is 16.6. The van der Waals surface area contributed by atoms with E-state index in [9.17, 15) is 14.7 Å². The molecular weight excluding hydrogens is 524 g/mol. The van der Waals surface area contributed by atoms with Gasteiger partial charge in [0, 0.05) is 37.1 Å². The first-order chi connectivity index (χ1) is 19.8. The maximum absolute atomic E-state index is 13.2. The third kappa shape index (κ3) is 6.82. The second-order valence-electron chi connectivity index (χ2n) is 10.6. The van der Waals surface area contributed by atoms with E-state index in [0.717, 1.165) is 50.4 Å². The average molecular weight is 561 g/mol. The zero-order chi connectivity index (χ0) is 28.8. The Morgan fingerprint density at radius 1 is 1.15 bits per heavy atom. The lowest BCUT2D eigenvalue weighted by Gasteiger charge is -2.26. The molecule has 2 aliphatic rings. The largest absolute Gasteiger partial charge is 0.451 e. The number of aromatic nitrogens is 2. The molecule has 0 spiro atoms. The molecule has 0 aliphatic carbocycles. The summed E-state index contributed by atoms with van der Waals surface area (Å²) < 4.78 is 10.9. The van der Waals surface area contributed by atoms with Crippen molar-refractivity contribution >= 4 is 29.3 Å². The fraction of sp³-hybridized carbons (Fsp3) is 0.400. The number of cyclic esters (lactones) is 1. The molecule has 0 radical (unpaired) electrons. The number of aliphatic hydroxyl groups excluding tert-OH is 1. The van der Waals surface area contributed by atoms with E-state index in [-0.39, 0.29) is 35.8 Å². The van der Waals surface area contributed by atoms with Crippen molar-refractivity contribution in [2.45, 2.75) is 31.9 Å². The molecule has 41 heavy (non-hydrogen) atoms. The van der Waals surface area contributed by atoms with E-state index in [1.807, 2.05) is 50.2 Å². The number of hydrogen-bond acceptors (Lipinski definition) is 10. The molecule has 1 fully saturated rings. The van der Waals surface area contributed by atoms with E-state index in [2.05, 4.69) is 30.8 Å². The minimum Gasteiger partial charge on any atom is -0.451 e. The molecule has 5 rings (SSSR count). The zero-order valence-corrected chi connectivity index (χ0v) is 23.4. The Kier molecular flexibility index (Phi) is 8.77. The summed E-state index contributed by atoms with van der Waals surface area (Å²) in [6.45, 7) is 8.13. The van der Waals surface area contributed by atoms with Gasteiger partial charge in [0.15, 0.2) is 0 Å². The number of ether oxygens (including phenoxy) is 2. The molecule has 2 aliphatic heterocycles. The number of anilines is 3. The summed E-state index contributed by atoms with van der Waals surface area (Å²) in [5.41, 5.74) is 2.34. The van der Waals surface area contributed by atoms with Crippen LogP contribution in [0.15, 0.2) is 54.7 Å². The van der Waals surface area contributed by atoms with Crippen LogP contribution >= 0.6 is 0 Å². The van der Waals surface area contributed by atoms with Crippen LogP contribution in [0.4, 0.5) is 17.5 Å². The molecule has 1 saturated heterocycles. The number of fused-ring (bicyclic) bond motifs is 1. The van der Waals surface area contributed by atoms with E-state index in [0.29, 0.717) is 17.8 Å². The van der Waals surface area contributed by atoms with Crippen molar-refractivity contribution in [3.05, 3.63) is 77.0 Å². The van der Waals surface area contributed by atoms with Crippen LogP contribution in [0.1, 0.15) is 58.2 Å². The maximum atomic E-state index is 13.2. The van der Waals surface area contributed by atoms with Gasteiger partial charge in [-0.2, -0.15) is 4.98 Å². The molecule has 1 atom stereocenters. The summed E-state index contributed by atoms with van der Waals surface area (Å²) in [5.74, 6) is -0.114. The smallest absolute Gasteiger partial charge is 0.339 e. The molecule has 3 heterocycles. The minimum atomic E-state index is -0.745. The van der Waals surface area contributed by atoms with Crippen LogP contribution in [0.5, 0.6) is 0 Å². The lowest BCUT2D eigenvalue weighted by Crippen LogP contribution is -2.38. The standard InChI is InChI=1S/C30H36N6O5/c1-30(2)24-17-21(9-10-22(24)28(39)41-30)33-29-32-18-23(27(38)31-11-6-12-36-13-15-40-16-14-36)26(35-29)34-25(19-37)20-7-4-3-5-8-20/h3-5,7-10,17-18,25,37H,6,11-16,19H2,1-2H3,(H,31,38)(H2,32,33,34,35)/t25-/m1/s1. The summed E-state index contributed by atoms with van der Waals surface area (Å²) in [4.78, 5) is 36.8. The summed E-state index contributed by atoms with van der Waals surface area (Å²) in [6, 6.07) is 14.3. The van der Waals surface area contributed by atoms with Crippen LogP contribution in [0.3, 0.4) is 0 Å². The molecule has 3 aromatic rings. The monoisotopic (exact) mass is 560 g/mol.